The lowest BCUT2D eigenvalue weighted by atomic mass is 10.2. The van der Waals surface area contributed by atoms with Gasteiger partial charge in [-0.2, -0.15) is 0 Å². The van der Waals surface area contributed by atoms with Gasteiger partial charge in [-0.25, -0.2) is 0 Å². The molecule has 2 rings (SSSR count). The van der Waals surface area contributed by atoms with Crippen LogP contribution in [0, 0.1) is 0 Å². The molecule has 1 aromatic carbocycles. The second-order valence-corrected chi connectivity index (χ2v) is 5.48. The van der Waals surface area contributed by atoms with Crippen molar-refractivity contribution >= 4 is 17.9 Å². The first-order valence-electron chi connectivity index (χ1n) is 7.57. The van der Waals surface area contributed by atoms with Gasteiger partial charge in [0.25, 0.3) is 0 Å². The van der Waals surface area contributed by atoms with E-state index in [1.165, 1.54) is 6.08 Å². The Hall–Kier alpha value is -2.14. The van der Waals surface area contributed by atoms with Crippen LogP contribution < -0.4 is 5.32 Å². The third-order valence-corrected chi connectivity index (χ3v) is 3.83. The van der Waals surface area contributed by atoms with Crippen LogP contribution >= 0.6 is 0 Å². The second kappa shape index (κ2) is 7.75. The number of rotatable bonds is 5. The first kappa shape index (κ1) is 16.2. The van der Waals surface area contributed by atoms with Crippen LogP contribution in [0.4, 0.5) is 0 Å². The van der Waals surface area contributed by atoms with Crippen LogP contribution in [0.15, 0.2) is 36.4 Å². The van der Waals surface area contributed by atoms with Crippen LogP contribution in [0.2, 0.25) is 0 Å². The zero-order valence-corrected chi connectivity index (χ0v) is 12.7. The second-order valence-electron chi connectivity index (χ2n) is 5.48. The minimum atomic E-state index is -0.597. The molecule has 118 valence electrons. The Labute approximate surface area is 130 Å². The maximum Gasteiger partial charge on any atom is 0.245 e. The standard InChI is InChI=1S/C17H22N2O3/c1-13(17(22)19-11-5-8-15(19)12-20)18-16(21)10-9-14-6-3-2-4-7-14/h2-4,6-7,9-10,13,15,20H,5,8,11-12H2,1H3,(H,18,21)/b10-9+/t13?,15-/m1/s1. The first-order chi connectivity index (χ1) is 10.6. The fourth-order valence-electron chi connectivity index (χ4n) is 2.62. The van der Waals surface area contributed by atoms with Gasteiger partial charge in [-0.05, 0) is 31.4 Å². The number of nitrogens with one attached hydrogen (secondary N) is 1. The number of likely N-dealkylation sites (tertiary alicyclic amines) is 1. The Kier molecular flexibility index (Phi) is 5.72. The minimum Gasteiger partial charge on any atom is -0.394 e. The quantitative estimate of drug-likeness (QED) is 0.803. The normalized spacial score (nSPS) is 19.4. The molecule has 22 heavy (non-hydrogen) atoms. The number of benzene rings is 1. The molecule has 1 heterocycles. The third kappa shape index (κ3) is 4.18. The lowest BCUT2D eigenvalue weighted by molar-refractivity contribution is -0.136. The van der Waals surface area contributed by atoms with Gasteiger partial charge < -0.3 is 15.3 Å². The van der Waals surface area contributed by atoms with Gasteiger partial charge in [-0.1, -0.05) is 30.3 Å². The molecule has 0 radical (unpaired) electrons. The smallest absolute Gasteiger partial charge is 0.245 e. The van der Waals surface area contributed by atoms with Crippen molar-refractivity contribution in [3.05, 3.63) is 42.0 Å². The summed E-state index contributed by atoms with van der Waals surface area (Å²) in [6.45, 7) is 2.29. The van der Waals surface area contributed by atoms with Gasteiger partial charge in [0.05, 0.1) is 12.6 Å². The van der Waals surface area contributed by atoms with E-state index >= 15 is 0 Å². The van der Waals surface area contributed by atoms with E-state index in [4.69, 9.17) is 0 Å². The molecule has 2 atom stereocenters. The number of nitrogens with zero attached hydrogens (tertiary/aromatic N) is 1. The lowest BCUT2D eigenvalue weighted by Gasteiger charge is -2.26. The Bertz CT molecular complexity index is 542. The largest absolute Gasteiger partial charge is 0.394 e. The van der Waals surface area contributed by atoms with Crippen molar-refractivity contribution < 1.29 is 14.7 Å². The zero-order valence-electron chi connectivity index (χ0n) is 12.7. The zero-order chi connectivity index (χ0) is 15.9. The van der Waals surface area contributed by atoms with E-state index < -0.39 is 6.04 Å². The van der Waals surface area contributed by atoms with Gasteiger partial charge in [0.1, 0.15) is 6.04 Å². The highest BCUT2D eigenvalue weighted by Crippen LogP contribution is 2.17. The van der Waals surface area contributed by atoms with Gasteiger partial charge in [-0.3, -0.25) is 9.59 Å². The van der Waals surface area contributed by atoms with E-state index in [-0.39, 0.29) is 24.5 Å². The highest BCUT2D eigenvalue weighted by atomic mass is 16.3. The predicted octanol–water partition coefficient (Wildman–Crippen LogP) is 1.19. The number of hydrogen-bond donors (Lipinski definition) is 2. The van der Waals surface area contributed by atoms with E-state index in [9.17, 15) is 14.7 Å². The molecule has 1 aliphatic heterocycles. The summed E-state index contributed by atoms with van der Waals surface area (Å²) in [7, 11) is 0. The molecule has 1 aromatic rings. The van der Waals surface area contributed by atoms with Crippen LogP contribution in [0.1, 0.15) is 25.3 Å². The van der Waals surface area contributed by atoms with Crippen LogP contribution in [-0.4, -0.2) is 47.1 Å². The fourth-order valence-corrected chi connectivity index (χ4v) is 2.62. The Morgan fingerprint density at radius 3 is 2.82 bits per heavy atom. The number of aliphatic hydroxyl groups is 1. The minimum absolute atomic E-state index is 0.0275. The molecule has 5 heteroatoms. The van der Waals surface area contributed by atoms with Gasteiger partial charge in [0.2, 0.25) is 11.8 Å². The predicted molar refractivity (Wildman–Crippen MR) is 84.9 cm³/mol. The molecule has 1 fully saturated rings. The summed E-state index contributed by atoms with van der Waals surface area (Å²) in [5.74, 6) is -0.442. The molecular formula is C17H22N2O3. The number of hydrogen-bond acceptors (Lipinski definition) is 3. The molecule has 2 amide bonds. The van der Waals surface area contributed by atoms with Crippen molar-refractivity contribution in [2.24, 2.45) is 0 Å². The molecule has 1 unspecified atom stereocenters. The highest BCUT2D eigenvalue weighted by Gasteiger charge is 2.31. The molecule has 0 aromatic heterocycles. The lowest BCUT2D eigenvalue weighted by Crippen LogP contribution is -2.49. The Balaban J connectivity index is 1.88. The van der Waals surface area contributed by atoms with Gasteiger partial charge in [0, 0.05) is 12.6 Å². The average Bonchev–Trinajstić information content (AvgIpc) is 3.01. The summed E-state index contributed by atoms with van der Waals surface area (Å²) < 4.78 is 0. The van der Waals surface area contributed by atoms with Gasteiger partial charge in [-0.15, -0.1) is 0 Å². The summed E-state index contributed by atoms with van der Waals surface area (Å²) in [6.07, 6.45) is 4.84. The van der Waals surface area contributed by atoms with Gasteiger partial charge in [0.15, 0.2) is 0 Å². The van der Waals surface area contributed by atoms with E-state index in [0.717, 1.165) is 18.4 Å². The van der Waals surface area contributed by atoms with Crippen LogP contribution in [-0.2, 0) is 9.59 Å². The first-order valence-corrected chi connectivity index (χ1v) is 7.57. The monoisotopic (exact) mass is 302 g/mol. The number of carbonyl (C=O) groups is 2. The summed E-state index contributed by atoms with van der Waals surface area (Å²) in [6, 6.07) is 8.78. The summed E-state index contributed by atoms with van der Waals surface area (Å²) in [5, 5.41) is 11.9. The number of aliphatic hydroxyl groups excluding tert-OH is 1. The number of amides is 2. The summed E-state index contributed by atoms with van der Waals surface area (Å²) in [4.78, 5) is 25.8. The van der Waals surface area contributed by atoms with Crippen LogP contribution in [0.3, 0.4) is 0 Å². The molecule has 0 saturated carbocycles. The number of carbonyl (C=O) groups excluding carboxylic acids is 2. The average molecular weight is 302 g/mol. The summed E-state index contributed by atoms with van der Waals surface area (Å²) >= 11 is 0. The Morgan fingerprint density at radius 2 is 2.14 bits per heavy atom. The summed E-state index contributed by atoms with van der Waals surface area (Å²) in [5.41, 5.74) is 0.927. The topological polar surface area (TPSA) is 69.6 Å². The maximum atomic E-state index is 12.3. The molecule has 0 spiro atoms. The van der Waals surface area contributed by atoms with Crippen LogP contribution in [0.5, 0.6) is 0 Å². The molecule has 0 bridgehead atoms. The molecular weight excluding hydrogens is 280 g/mol. The van der Waals surface area contributed by atoms with Crippen molar-refractivity contribution in [1.29, 1.82) is 0 Å². The van der Waals surface area contributed by atoms with Crippen molar-refractivity contribution in [1.82, 2.24) is 10.2 Å². The van der Waals surface area contributed by atoms with Crippen molar-refractivity contribution in [2.75, 3.05) is 13.2 Å². The van der Waals surface area contributed by atoms with E-state index in [2.05, 4.69) is 5.32 Å². The van der Waals surface area contributed by atoms with Crippen molar-refractivity contribution in [2.45, 2.75) is 31.8 Å². The van der Waals surface area contributed by atoms with Gasteiger partial charge >= 0.3 is 0 Å². The van der Waals surface area contributed by atoms with Crippen LogP contribution in [0.25, 0.3) is 6.08 Å². The van der Waals surface area contributed by atoms with E-state index in [1.54, 1.807) is 17.9 Å². The van der Waals surface area contributed by atoms with E-state index in [0.29, 0.717) is 6.54 Å². The van der Waals surface area contributed by atoms with Crippen molar-refractivity contribution in [3.8, 4) is 0 Å². The Morgan fingerprint density at radius 1 is 1.41 bits per heavy atom. The molecule has 1 saturated heterocycles. The SMILES string of the molecule is CC(NC(=O)/C=C/c1ccccc1)C(=O)N1CCC[C@@H]1CO. The molecule has 2 N–H and O–H groups in total. The fraction of sp³-hybridized carbons (Fsp3) is 0.412. The molecule has 5 nitrogen and oxygen atoms in total. The molecule has 1 aliphatic rings. The van der Waals surface area contributed by atoms with E-state index in [1.807, 2.05) is 30.3 Å². The third-order valence-electron chi connectivity index (χ3n) is 3.83. The maximum absolute atomic E-state index is 12.3. The van der Waals surface area contributed by atoms with Crippen molar-refractivity contribution in [3.63, 3.8) is 0 Å². The molecule has 0 aliphatic carbocycles. The highest BCUT2D eigenvalue weighted by molar-refractivity contribution is 5.95.